The molecule has 0 atom stereocenters. The molecule has 0 bridgehead atoms. The first-order valence-electron chi connectivity index (χ1n) is 4.88. The van der Waals surface area contributed by atoms with Gasteiger partial charge in [0.1, 0.15) is 5.82 Å². The Morgan fingerprint density at radius 2 is 2.20 bits per heavy atom. The molecule has 1 heterocycles. The highest BCUT2D eigenvalue weighted by Gasteiger charge is 2.05. The average molecular weight is 219 g/mol. The molecule has 0 aliphatic rings. The summed E-state index contributed by atoms with van der Waals surface area (Å²) < 4.78 is 2.15. The van der Waals surface area contributed by atoms with Crippen molar-refractivity contribution in [2.24, 2.45) is 5.73 Å². The van der Waals surface area contributed by atoms with Crippen molar-refractivity contribution in [1.29, 1.82) is 0 Å². The second-order valence-corrected chi connectivity index (χ2v) is 4.04. The third-order valence-corrected chi connectivity index (χ3v) is 2.63. The SMILES string of the molecule is Cc1nc2ccccc2n1CCC(N)=S. The van der Waals surface area contributed by atoms with Crippen LogP contribution in [0.2, 0.25) is 0 Å². The van der Waals surface area contributed by atoms with Gasteiger partial charge in [0.25, 0.3) is 0 Å². The van der Waals surface area contributed by atoms with Crippen LogP contribution in [-0.4, -0.2) is 14.5 Å². The van der Waals surface area contributed by atoms with Crippen LogP contribution in [0.15, 0.2) is 24.3 Å². The Hall–Kier alpha value is -1.42. The highest BCUT2D eigenvalue weighted by atomic mass is 32.1. The van der Waals surface area contributed by atoms with E-state index in [2.05, 4.69) is 15.6 Å². The van der Waals surface area contributed by atoms with Crippen LogP contribution in [0, 0.1) is 6.92 Å². The van der Waals surface area contributed by atoms with Crippen LogP contribution in [0.4, 0.5) is 0 Å². The largest absolute Gasteiger partial charge is 0.393 e. The highest BCUT2D eigenvalue weighted by Crippen LogP contribution is 2.15. The van der Waals surface area contributed by atoms with Crippen LogP contribution < -0.4 is 5.73 Å². The number of hydrogen-bond donors (Lipinski definition) is 1. The maximum absolute atomic E-state index is 5.50. The van der Waals surface area contributed by atoms with Gasteiger partial charge in [-0.2, -0.15) is 0 Å². The van der Waals surface area contributed by atoms with E-state index in [4.69, 9.17) is 18.0 Å². The Bertz CT molecular complexity index is 502. The van der Waals surface area contributed by atoms with E-state index in [1.807, 2.05) is 25.1 Å². The molecule has 0 saturated heterocycles. The first kappa shape index (κ1) is 10.1. The molecule has 2 rings (SSSR count). The molecule has 2 N–H and O–H groups in total. The van der Waals surface area contributed by atoms with Gasteiger partial charge in [-0.05, 0) is 19.1 Å². The summed E-state index contributed by atoms with van der Waals surface area (Å²) >= 11 is 4.88. The lowest BCUT2D eigenvalue weighted by atomic mass is 10.3. The van der Waals surface area contributed by atoms with Gasteiger partial charge < -0.3 is 10.3 Å². The van der Waals surface area contributed by atoms with E-state index < -0.39 is 0 Å². The van der Waals surface area contributed by atoms with Crippen molar-refractivity contribution in [2.45, 2.75) is 19.9 Å². The van der Waals surface area contributed by atoms with Crippen molar-refractivity contribution in [2.75, 3.05) is 0 Å². The van der Waals surface area contributed by atoms with E-state index in [-0.39, 0.29) is 0 Å². The minimum atomic E-state index is 0.548. The lowest BCUT2D eigenvalue weighted by Gasteiger charge is -2.05. The number of fused-ring (bicyclic) bond motifs is 1. The lowest BCUT2D eigenvalue weighted by molar-refractivity contribution is 0.720. The molecule has 0 saturated carbocycles. The Labute approximate surface area is 93.9 Å². The van der Waals surface area contributed by atoms with Crippen molar-refractivity contribution in [3.63, 3.8) is 0 Å². The van der Waals surface area contributed by atoms with E-state index >= 15 is 0 Å². The zero-order valence-corrected chi connectivity index (χ0v) is 9.42. The Morgan fingerprint density at radius 3 is 2.93 bits per heavy atom. The number of benzene rings is 1. The number of hydrogen-bond acceptors (Lipinski definition) is 2. The van der Waals surface area contributed by atoms with E-state index in [1.54, 1.807) is 0 Å². The first-order chi connectivity index (χ1) is 7.18. The van der Waals surface area contributed by atoms with E-state index in [0.717, 1.165) is 29.8 Å². The fourth-order valence-electron chi connectivity index (χ4n) is 1.70. The van der Waals surface area contributed by atoms with Crippen LogP contribution >= 0.6 is 12.2 Å². The van der Waals surface area contributed by atoms with Crippen molar-refractivity contribution < 1.29 is 0 Å². The Morgan fingerprint density at radius 1 is 1.47 bits per heavy atom. The van der Waals surface area contributed by atoms with E-state index in [0.29, 0.717) is 4.99 Å². The summed E-state index contributed by atoms with van der Waals surface area (Å²) in [4.78, 5) is 5.02. The topological polar surface area (TPSA) is 43.8 Å². The van der Waals surface area contributed by atoms with E-state index in [1.165, 1.54) is 0 Å². The number of nitrogens with two attached hydrogens (primary N) is 1. The van der Waals surface area contributed by atoms with Crippen molar-refractivity contribution >= 4 is 28.2 Å². The number of thiocarbonyl (C=S) groups is 1. The minimum absolute atomic E-state index is 0.548. The van der Waals surface area contributed by atoms with Gasteiger partial charge in [0.15, 0.2) is 0 Å². The maximum atomic E-state index is 5.50. The second kappa shape index (κ2) is 3.98. The molecular formula is C11H13N3S. The molecule has 4 heteroatoms. The molecule has 1 aromatic heterocycles. The van der Waals surface area contributed by atoms with Crippen molar-refractivity contribution in [3.05, 3.63) is 30.1 Å². The van der Waals surface area contributed by atoms with E-state index in [9.17, 15) is 0 Å². The Kier molecular flexibility index (Phi) is 2.68. The zero-order chi connectivity index (χ0) is 10.8. The smallest absolute Gasteiger partial charge is 0.106 e. The standard InChI is InChI=1S/C11H13N3S/c1-8-13-9-4-2-3-5-10(9)14(8)7-6-11(12)15/h2-5H,6-7H2,1H3,(H2,12,15). The van der Waals surface area contributed by atoms with Gasteiger partial charge in [0, 0.05) is 13.0 Å². The summed E-state index contributed by atoms with van der Waals surface area (Å²) in [6, 6.07) is 8.09. The van der Waals surface area contributed by atoms with Crippen LogP contribution in [-0.2, 0) is 6.54 Å². The average Bonchev–Trinajstić information content (AvgIpc) is 2.50. The van der Waals surface area contributed by atoms with Gasteiger partial charge in [0.2, 0.25) is 0 Å². The molecule has 2 aromatic rings. The third-order valence-electron chi connectivity index (χ3n) is 2.43. The van der Waals surface area contributed by atoms with Crippen LogP contribution in [0.3, 0.4) is 0 Å². The van der Waals surface area contributed by atoms with Gasteiger partial charge in [0.05, 0.1) is 16.0 Å². The molecule has 0 unspecified atom stereocenters. The molecule has 1 aromatic carbocycles. The zero-order valence-electron chi connectivity index (χ0n) is 8.60. The van der Waals surface area contributed by atoms with Crippen LogP contribution in [0.1, 0.15) is 12.2 Å². The summed E-state index contributed by atoms with van der Waals surface area (Å²) in [5.74, 6) is 1.01. The molecule has 0 fully saturated rings. The normalized spacial score (nSPS) is 10.7. The lowest BCUT2D eigenvalue weighted by Crippen LogP contribution is -2.12. The molecule has 0 spiro atoms. The monoisotopic (exact) mass is 219 g/mol. The molecular weight excluding hydrogens is 206 g/mol. The predicted molar refractivity (Wildman–Crippen MR) is 65.9 cm³/mol. The molecule has 15 heavy (non-hydrogen) atoms. The highest BCUT2D eigenvalue weighted by molar-refractivity contribution is 7.80. The number of rotatable bonds is 3. The number of para-hydroxylation sites is 2. The first-order valence-corrected chi connectivity index (χ1v) is 5.29. The molecule has 0 amide bonds. The summed E-state index contributed by atoms with van der Waals surface area (Å²) in [5, 5.41) is 0. The van der Waals surface area contributed by atoms with Crippen LogP contribution in [0.25, 0.3) is 11.0 Å². The predicted octanol–water partition coefficient (Wildman–Crippen LogP) is 2.02. The third kappa shape index (κ3) is 1.99. The fraction of sp³-hybridized carbons (Fsp3) is 0.273. The number of aryl methyl sites for hydroxylation is 2. The minimum Gasteiger partial charge on any atom is -0.393 e. The molecule has 0 aliphatic carbocycles. The second-order valence-electron chi connectivity index (χ2n) is 3.52. The summed E-state index contributed by atoms with van der Waals surface area (Å²) in [5.41, 5.74) is 7.67. The fourth-order valence-corrected chi connectivity index (χ4v) is 1.79. The van der Waals surface area contributed by atoms with Gasteiger partial charge in [-0.1, -0.05) is 24.4 Å². The van der Waals surface area contributed by atoms with Gasteiger partial charge in [-0.25, -0.2) is 4.98 Å². The van der Waals surface area contributed by atoms with Gasteiger partial charge >= 0.3 is 0 Å². The number of nitrogens with zero attached hydrogens (tertiary/aromatic N) is 2. The van der Waals surface area contributed by atoms with Crippen molar-refractivity contribution in [1.82, 2.24) is 9.55 Å². The molecule has 0 radical (unpaired) electrons. The van der Waals surface area contributed by atoms with Gasteiger partial charge in [-0.15, -0.1) is 0 Å². The summed E-state index contributed by atoms with van der Waals surface area (Å²) in [7, 11) is 0. The quantitative estimate of drug-likeness (QED) is 0.803. The molecule has 0 aliphatic heterocycles. The number of imidazole rings is 1. The maximum Gasteiger partial charge on any atom is 0.106 e. The number of aromatic nitrogens is 2. The Balaban J connectivity index is 2.40. The van der Waals surface area contributed by atoms with Crippen LogP contribution in [0.5, 0.6) is 0 Å². The molecule has 78 valence electrons. The molecule has 3 nitrogen and oxygen atoms in total. The summed E-state index contributed by atoms with van der Waals surface area (Å²) in [6.07, 6.45) is 0.719. The van der Waals surface area contributed by atoms with Gasteiger partial charge in [-0.3, -0.25) is 0 Å². The van der Waals surface area contributed by atoms with Crippen molar-refractivity contribution in [3.8, 4) is 0 Å². The summed E-state index contributed by atoms with van der Waals surface area (Å²) in [6.45, 7) is 2.81.